The molecular formula is C11H18BrN3. The molecule has 0 bridgehead atoms. The van der Waals surface area contributed by atoms with Crippen LogP contribution in [0, 0.1) is 0 Å². The molecule has 0 aliphatic rings. The molecule has 0 aliphatic heterocycles. The van der Waals surface area contributed by atoms with Crippen molar-refractivity contribution in [2.24, 2.45) is 0 Å². The lowest BCUT2D eigenvalue weighted by atomic mass is 10.4. The van der Waals surface area contributed by atoms with E-state index in [0.717, 1.165) is 36.5 Å². The summed E-state index contributed by atoms with van der Waals surface area (Å²) in [6.07, 6.45) is 1.80. The van der Waals surface area contributed by atoms with Gasteiger partial charge in [-0.05, 0) is 41.2 Å². The molecular weight excluding hydrogens is 254 g/mol. The van der Waals surface area contributed by atoms with Gasteiger partial charge in [-0.1, -0.05) is 13.8 Å². The number of nitrogens with zero attached hydrogens (tertiary/aromatic N) is 2. The third-order valence-electron chi connectivity index (χ3n) is 2.37. The first-order valence-electron chi connectivity index (χ1n) is 5.34. The molecule has 0 atom stereocenters. The van der Waals surface area contributed by atoms with Gasteiger partial charge < -0.3 is 10.2 Å². The standard InChI is InChI=1S/C11H18BrN3/c1-3-15(4-2)9-8-14-11-10(12)6-5-7-13-11/h5-7H,3-4,8-9H2,1-2H3,(H,13,14). The first-order valence-corrected chi connectivity index (χ1v) is 6.14. The highest BCUT2D eigenvalue weighted by Crippen LogP contribution is 2.17. The number of likely N-dealkylation sites (N-methyl/N-ethyl adjacent to an activating group) is 1. The van der Waals surface area contributed by atoms with Gasteiger partial charge in [-0.15, -0.1) is 0 Å². The molecule has 1 N–H and O–H groups in total. The SMILES string of the molecule is CCN(CC)CCNc1ncccc1Br. The van der Waals surface area contributed by atoms with E-state index >= 15 is 0 Å². The second-order valence-corrected chi connectivity index (χ2v) is 4.14. The van der Waals surface area contributed by atoms with Crippen LogP contribution in [0.5, 0.6) is 0 Å². The van der Waals surface area contributed by atoms with E-state index in [-0.39, 0.29) is 0 Å². The third-order valence-corrected chi connectivity index (χ3v) is 3.01. The van der Waals surface area contributed by atoms with Crippen LogP contribution < -0.4 is 5.32 Å². The van der Waals surface area contributed by atoms with E-state index in [9.17, 15) is 0 Å². The zero-order valence-corrected chi connectivity index (χ0v) is 10.9. The van der Waals surface area contributed by atoms with Crippen LogP contribution in [0.25, 0.3) is 0 Å². The minimum atomic E-state index is 0.921. The molecule has 0 saturated carbocycles. The molecule has 1 aromatic heterocycles. The molecule has 1 heterocycles. The van der Waals surface area contributed by atoms with Crippen molar-refractivity contribution in [1.82, 2.24) is 9.88 Å². The van der Waals surface area contributed by atoms with Gasteiger partial charge in [0.2, 0.25) is 0 Å². The Balaban J connectivity index is 2.34. The van der Waals surface area contributed by atoms with E-state index in [2.05, 4.69) is 45.0 Å². The molecule has 0 unspecified atom stereocenters. The molecule has 0 saturated heterocycles. The summed E-state index contributed by atoms with van der Waals surface area (Å²) in [5.41, 5.74) is 0. The second kappa shape index (κ2) is 6.80. The van der Waals surface area contributed by atoms with Gasteiger partial charge in [0.05, 0.1) is 4.47 Å². The number of aromatic nitrogens is 1. The first-order chi connectivity index (χ1) is 7.27. The monoisotopic (exact) mass is 271 g/mol. The fourth-order valence-electron chi connectivity index (χ4n) is 1.39. The molecule has 84 valence electrons. The quantitative estimate of drug-likeness (QED) is 0.862. The number of halogens is 1. The van der Waals surface area contributed by atoms with Crippen LogP contribution in [0.2, 0.25) is 0 Å². The number of nitrogens with one attached hydrogen (secondary N) is 1. The van der Waals surface area contributed by atoms with Gasteiger partial charge in [0.1, 0.15) is 5.82 Å². The van der Waals surface area contributed by atoms with E-state index in [1.807, 2.05) is 12.1 Å². The average Bonchev–Trinajstić information content (AvgIpc) is 2.27. The van der Waals surface area contributed by atoms with Crippen LogP contribution in [-0.4, -0.2) is 36.1 Å². The Morgan fingerprint density at radius 1 is 1.40 bits per heavy atom. The van der Waals surface area contributed by atoms with Crippen LogP contribution in [-0.2, 0) is 0 Å². The second-order valence-electron chi connectivity index (χ2n) is 3.29. The highest BCUT2D eigenvalue weighted by molar-refractivity contribution is 9.10. The minimum absolute atomic E-state index is 0.921. The van der Waals surface area contributed by atoms with Gasteiger partial charge in [-0.2, -0.15) is 0 Å². The summed E-state index contributed by atoms with van der Waals surface area (Å²) in [6.45, 7) is 8.54. The Bertz CT molecular complexity index is 287. The smallest absolute Gasteiger partial charge is 0.140 e. The Kier molecular flexibility index (Phi) is 5.65. The van der Waals surface area contributed by atoms with Crippen molar-refractivity contribution in [3.05, 3.63) is 22.8 Å². The Morgan fingerprint density at radius 3 is 2.73 bits per heavy atom. The zero-order valence-electron chi connectivity index (χ0n) is 9.33. The molecule has 0 aliphatic carbocycles. The van der Waals surface area contributed by atoms with Gasteiger partial charge in [0.25, 0.3) is 0 Å². The number of pyridine rings is 1. The maximum Gasteiger partial charge on any atom is 0.140 e. The van der Waals surface area contributed by atoms with Gasteiger partial charge in [-0.3, -0.25) is 0 Å². The van der Waals surface area contributed by atoms with Crippen molar-refractivity contribution in [3.8, 4) is 0 Å². The molecule has 1 aromatic rings. The average molecular weight is 272 g/mol. The van der Waals surface area contributed by atoms with Crippen molar-refractivity contribution in [2.75, 3.05) is 31.5 Å². The number of hydrogen-bond donors (Lipinski definition) is 1. The van der Waals surface area contributed by atoms with E-state index in [4.69, 9.17) is 0 Å². The van der Waals surface area contributed by atoms with Gasteiger partial charge in [0.15, 0.2) is 0 Å². The van der Waals surface area contributed by atoms with Crippen molar-refractivity contribution < 1.29 is 0 Å². The Hall–Kier alpha value is -0.610. The molecule has 0 aromatic carbocycles. The van der Waals surface area contributed by atoms with Crippen molar-refractivity contribution in [1.29, 1.82) is 0 Å². The van der Waals surface area contributed by atoms with Crippen LogP contribution in [0.1, 0.15) is 13.8 Å². The summed E-state index contributed by atoms with van der Waals surface area (Å²) < 4.78 is 1.02. The van der Waals surface area contributed by atoms with Crippen molar-refractivity contribution in [3.63, 3.8) is 0 Å². The van der Waals surface area contributed by atoms with Gasteiger partial charge in [0, 0.05) is 19.3 Å². The fraction of sp³-hybridized carbons (Fsp3) is 0.545. The number of rotatable bonds is 6. The molecule has 0 radical (unpaired) electrons. The number of anilines is 1. The first kappa shape index (κ1) is 12.5. The van der Waals surface area contributed by atoms with Gasteiger partial charge >= 0.3 is 0 Å². The highest BCUT2D eigenvalue weighted by atomic mass is 79.9. The lowest BCUT2D eigenvalue weighted by Gasteiger charge is -2.18. The highest BCUT2D eigenvalue weighted by Gasteiger charge is 2.00. The summed E-state index contributed by atoms with van der Waals surface area (Å²) in [5, 5.41) is 3.31. The van der Waals surface area contributed by atoms with E-state index in [0.29, 0.717) is 0 Å². The summed E-state index contributed by atoms with van der Waals surface area (Å²) in [5.74, 6) is 0.921. The maximum atomic E-state index is 4.25. The normalized spacial score (nSPS) is 10.7. The molecule has 15 heavy (non-hydrogen) atoms. The molecule has 3 nitrogen and oxygen atoms in total. The van der Waals surface area contributed by atoms with Crippen LogP contribution in [0.3, 0.4) is 0 Å². The van der Waals surface area contributed by atoms with Crippen molar-refractivity contribution >= 4 is 21.7 Å². The Labute approximate surface area is 100 Å². The van der Waals surface area contributed by atoms with E-state index in [1.54, 1.807) is 6.20 Å². The molecule has 0 spiro atoms. The summed E-state index contributed by atoms with van der Waals surface area (Å²) in [4.78, 5) is 6.63. The summed E-state index contributed by atoms with van der Waals surface area (Å²) in [7, 11) is 0. The predicted octanol–water partition coefficient (Wildman–Crippen LogP) is 2.60. The van der Waals surface area contributed by atoms with Crippen LogP contribution in [0.15, 0.2) is 22.8 Å². The summed E-state index contributed by atoms with van der Waals surface area (Å²) >= 11 is 3.46. The Morgan fingerprint density at radius 2 is 2.13 bits per heavy atom. The summed E-state index contributed by atoms with van der Waals surface area (Å²) in [6, 6.07) is 3.91. The zero-order chi connectivity index (χ0) is 11.1. The lowest BCUT2D eigenvalue weighted by molar-refractivity contribution is 0.316. The fourth-order valence-corrected chi connectivity index (χ4v) is 1.78. The number of hydrogen-bond acceptors (Lipinski definition) is 3. The largest absolute Gasteiger partial charge is 0.368 e. The van der Waals surface area contributed by atoms with Crippen molar-refractivity contribution in [2.45, 2.75) is 13.8 Å². The van der Waals surface area contributed by atoms with E-state index < -0.39 is 0 Å². The van der Waals surface area contributed by atoms with Gasteiger partial charge in [-0.25, -0.2) is 4.98 Å². The third kappa shape index (κ3) is 4.18. The molecule has 1 rings (SSSR count). The van der Waals surface area contributed by atoms with E-state index in [1.165, 1.54) is 0 Å². The topological polar surface area (TPSA) is 28.2 Å². The molecule has 0 fully saturated rings. The maximum absolute atomic E-state index is 4.25. The predicted molar refractivity (Wildman–Crippen MR) is 68.2 cm³/mol. The molecule has 4 heteroatoms. The molecule has 0 amide bonds. The van der Waals surface area contributed by atoms with Crippen LogP contribution in [0.4, 0.5) is 5.82 Å². The minimum Gasteiger partial charge on any atom is -0.368 e. The lowest BCUT2D eigenvalue weighted by Crippen LogP contribution is -2.28. The van der Waals surface area contributed by atoms with Crippen LogP contribution >= 0.6 is 15.9 Å².